The summed E-state index contributed by atoms with van der Waals surface area (Å²) in [7, 11) is 0. The molecule has 1 unspecified atom stereocenters. The molecule has 0 spiro atoms. The van der Waals surface area contributed by atoms with Crippen LogP contribution in [0.2, 0.25) is 5.02 Å². The molecule has 2 aliphatic rings. The van der Waals surface area contributed by atoms with Crippen LogP contribution < -0.4 is 10.6 Å². The molecule has 1 aromatic carbocycles. The molecule has 43 heavy (non-hydrogen) atoms. The average molecular weight is 611 g/mol. The number of benzene rings is 1. The average Bonchev–Trinajstić information content (AvgIpc) is 3.63. The van der Waals surface area contributed by atoms with E-state index in [2.05, 4.69) is 50.8 Å². The summed E-state index contributed by atoms with van der Waals surface area (Å²) in [4.78, 5) is 8.43. The van der Waals surface area contributed by atoms with Gasteiger partial charge in [0.1, 0.15) is 17.3 Å². The van der Waals surface area contributed by atoms with Gasteiger partial charge in [-0.2, -0.15) is 9.65 Å². The Bertz CT molecular complexity index is 1730. The molecule has 2 fully saturated rings. The SMILES string of the molecule is Cc1nc(F)ccc1[C@H](Nc1cc(Cl)c2ncc(C#N)c(NC3CCOCC3(C)C)c2c1)c1cn(C2(C(F)F)CC2)nn1. The third-order valence-electron chi connectivity index (χ3n) is 8.48. The molecule has 3 aromatic heterocycles. The maximum atomic E-state index is 14.0. The Labute approximate surface area is 251 Å². The summed E-state index contributed by atoms with van der Waals surface area (Å²) in [6.07, 6.45) is 1.77. The number of hydrogen-bond donors (Lipinski definition) is 2. The van der Waals surface area contributed by atoms with E-state index in [0.29, 0.717) is 75.9 Å². The zero-order valence-corrected chi connectivity index (χ0v) is 24.6. The second-order valence-electron chi connectivity index (χ2n) is 11.9. The van der Waals surface area contributed by atoms with Crippen LogP contribution in [0.25, 0.3) is 10.9 Å². The number of halogens is 4. The maximum Gasteiger partial charge on any atom is 0.263 e. The molecule has 6 rings (SSSR count). The van der Waals surface area contributed by atoms with Crippen molar-refractivity contribution in [3.63, 3.8) is 0 Å². The van der Waals surface area contributed by atoms with Gasteiger partial charge in [-0.15, -0.1) is 5.10 Å². The van der Waals surface area contributed by atoms with Gasteiger partial charge in [-0.1, -0.05) is 36.7 Å². The highest BCUT2D eigenvalue weighted by Gasteiger charge is 2.54. The Morgan fingerprint density at radius 3 is 2.70 bits per heavy atom. The van der Waals surface area contributed by atoms with E-state index >= 15 is 0 Å². The van der Waals surface area contributed by atoms with Crippen LogP contribution in [0.15, 0.2) is 36.7 Å². The van der Waals surface area contributed by atoms with Crippen molar-refractivity contribution in [1.82, 2.24) is 25.0 Å². The molecule has 2 atom stereocenters. The topological polar surface area (TPSA) is 114 Å². The van der Waals surface area contributed by atoms with Crippen LogP contribution in [0.1, 0.15) is 61.7 Å². The van der Waals surface area contributed by atoms with Crippen molar-refractivity contribution in [3.8, 4) is 6.07 Å². The predicted molar refractivity (Wildman–Crippen MR) is 156 cm³/mol. The molecular formula is C30H30ClF3N8O. The molecule has 1 aliphatic heterocycles. The van der Waals surface area contributed by atoms with Crippen LogP contribution >= 0.6 is 11.6 Å². The van der Waals surface area contributed by atoms with Gasteiger partial charge in [0.25, 0.3) is 6.43 Å². The fourth-order valence-electron chi connectivity index (χ4n) is 5.68. The van der Waals surface area contributed by atoms with E-state index in [-0.39, 0.29) is 11.5 Å². The highest BCUT2D eigenvalue weighted by atomic mass is 35.5. The molecule has 13 heteroatoms. The molecule has 0 amide bonds. The number of rotatable bonds is 8. The smallest absolute Gasteiger partial charge is 0.263 e. The second-order valence-corrected chi connectivity index (χ2v) is 12.3. The van der Waals surface area contributed by atoms with Gasteiger partial charge in [0.2, 0.25) is 5.95 Å². The van der Waals surface area contributed by atoms with Crippen LogP contribution in [0.3, 0.4) is 0 Å². The Hall–Kier alpha value is -3.95. The van der Waals surface area contributed by atoms with Crippen LogP contribution in [-0.2, 0) is 10.3 Å². The summed E-state index contributed by atoms with van der Waals surface area (Å²) in [5.41, 5.74) is 1.79. The highest BCUT2D eigenvalue weighted by molar-refractivity contribution is 6.35. The van der Waals surface area contributed by atoms with Crippen LogP contribution in [0, 0.1) is 29.6 Å². The van der Waals surface area contributed by atoms with Crippen molar-refractivity contribution < 1.29 is 17.9 Å². The van der Waals surface area contributed by atoms with Crippen LogP contribution in [0.5, 0.6) is 0 Å². The first-order valence-electron chi connectivity index (χ1n) is 14.0. The number of ether oxygens (including phenoxy) is 1. The Morgan fingerprint density at radius 1 is 1.23 bits per heavy atom. The van der Waals surface area contributed by atoms with Crippen LogP contribution in [-0.4, -0.2) is 50.6 Å². The minimum atomic E-state index is -2.59. The quantitative estimate of drug-likeness (QED) is 0.221. The molecule has 1 saturated heterocycles. The van der Waals surface area contributed by atoms with Gasteiger partial charge in [-0.05, 0) is 44.4 Å². The van der Waals surface area contributed by atoms with E-state index < -0.39 is 24.0 Å². The second kappa shape index (κ2) is 11.0. The van der Waals surface area contributed by atoms with E-state index in [0.717, 1.165) is 6.42 Å². The predicted octanol–water partition coefficient (Wildman–Crippen LogP) is 6.38. The summed E-state index contributed by atoms with van der Waals surface area (Å²) >= 11 is 6.75. The minimum absolute atomic E-state index is 0.0228. The minimum Gasteiger partial charge on any atom is -0.381 e. The number of anilines is 2. The number of aryl methyl sites for hydroxylation is 1. The van der Waals surface area contributed by atoms with Gasteiger partial charge < -0.3 is 15.4 Å². The third kappa shape index (κ3) is 5.36. The van der Waals surface area contributed by atoms with Gasteiger partial charge in [0.15, 0.2) is 0 Å². The molecule has 2 N–H and O–H groups in total. The Balaban J connectivity index is 1.44. The van der Waals surface area contributed by atoms with Crippen molar-refractivity contribution in [2.75, 3.05) is 23.8 Å². The van der Waals surface area contributed by atoms with Crippen LogP contribution in [0.4, 0.5) is 24.5 Å². The lowest BCUT2D eigenvalue weighted by molar-refractivity contribution is 0.00350. The van der Waals surface area contributed by atoms with Crippen molar-refractivity contribution in [3.05, 3.63) is 70.1 Å². The normalized spacial score (nSPS) is 19.7. The van der Waals surface area contributed by atoms with Crippen molar-refractivity contribution in [2.24, 2.45) is 5.41 Å². The third-order valence-corrected chi connectivity index (χ3v) is 8.77. The molecule has 4 heterocycles. The van der Waals surface area contributed by atoms with Gasteiger partial charge in [-0.3, -0.25) is 4.98 Å². The molecule has 9 nitrogen and oxygen atoms in total. The molecule has 1 aliphatic carbocycles. The van der Waals surface area contributed by atoms with E-state index in [1.165, 1.54) is 23.1 Å². The molecule has 4 aromatic rings. The molecule has 224 valence electrons. The fraction of sp³-hybridized carbons (Fsp3) is 0.433. The largest absolute Gasteiger partial charge is 0.381 e. The lowest BCUT2D eigenvalue weighted by Gasteiger charge is -2.39. The zero-order valence-electron chi connectivity index (χ0n) is 23.8. The van der Waals surface area contributed by atoms with Gasteiger partial charge >= 0.3 is 0 Å². The van der Waals surface area contributed by atoms with E-state index in [4.69, 9.17) is 16.3 Å². The summed E-state index contributed by atoms with van der Waals surface area (Å²) in [5.74, 6) is -0.645. The van der Waals surface area contributed by atoms with E-state index in [1.54, 1.807) is 19.1 Å². The first-order valence-corrected chi connectivity index (χ1v) is 14.4. The number of hydrogen-bond acceptors (Lipinski definition) is 8. The van der Waals surface area contributed by atoms with E-state index in [9.17, 15) is 18.4 Å². The number of pyridine rings is 2. The van der Waals surface area contributed by atoms with Crippen molar-refractivity contribution in [2.45, 2.75) is 64.1 Å². The zero-order chi connectivity index (χ0) is 30.5. The lowest BCUT2D eigenvalue weighted by Crippen LogP contribution is -2.44. The molecule has 1 saturated carbocycles. The van der Waals surface area contributed by atoms with Gasteiger partial charge in [0.05, 0.1) is 40.6 Å². The van der Waals surface area contributed by atoms with Gasteiger partial charge in [-0.25, -0.2) is 18.4 Å². The van der Waals surface area contributed by atoms with Crippen molar-refractivity contribution in [1.29, 1.82) is 5.26 Å². The lowest BCUT2D eigenvalue weighted by atomic mass is 9.81. The van der Waals surface area contributed by atoms with Crippen molar-refractivity contribution >= 4 is 33.9 Å². The first kappa shape index (κ1) is 29.1. The van der Waals surface area contributed by atoms with Gasteiger partial charge in [0, 0.05) is 46.6 Å². The van der Waals surface area contributed by atoms with E-state index in [1.807, 2.05) is 6.07 Å². The number of fused-ring (bicyclic) bond motifs is 1. The number of nitriles is 1. The molecular weight excluding hydrogens is 581 g/mol. The number of aromatic nitrogens is 5. The summed E-state index contributed by atoms with van der Waals surface area (Å²) in [5, 5.41) is 26.2. The number of nitrogens with zero attached hydrogens (tertiary/aromatic N) is 6. The Kier molecular flexibility index (Phi) is 7.42. The number of nitrogens with one attached hydrogen (secondary N) is 2. The summed E-state index contributed by atoms with van der Waals surface area (Å²) < 4.78 is 48.6. The summed E-state index contributed by atoms with van der Waals surface area (Å²) in [6.45, 7) is 7.04. The maximum absolute atomic E-state index is 14.0. The summed E-state index contributed by atoms with van der Waals surface area (Å²) in [6, 6.07) is 7.85. The Morgan fingerprint density at radius 2 is 2.02 bits per heavy atom. The first-order chi connectivity index (χ1) is 20.5. The standard InChI is InChI=1S/C30H30ClF3N8O/c1-16-19(4-5-24(32)37-16)27(22-14-42(41-40-22)30(7-8-30)28(33)34)38-18-10-20-25(39-23-6-9-43-15-29(23,2)3)17(12-35)13-36-26(20)21(31)11-18/h4-5,10-11,13-14,23,27-28,38H,6-9,15H2,1-3H3,(H,36,39)/t23?,27-/m0/s1. The monoisotopic (exact) mass is 610 g/mol. The highest BCUT2D eigenvalue weighted by Crippen LogP contribution is 2.48. The molecule has 0 bridgehead atoms. The molecule has 0 radical (unpaired) electrons. The number of alkyl halides is 2. The fourth-order valence-corrected chi connectivity index (χ4v) is 5.95.